The highest BCUT2D eigenvalue weighted by molar-refractivity contribution is 5.87. The molecular formula is C26H23F2N3O4. The number of pyridine rings is 1. The van der Waals surface area contributed by atoms with Crippen LogP contribution in [0.3, 0.4) is 0 Å². The Kier molecular flexibility index (Phi) is 5.52. The van der Waals surface area contributed by atoms with E-state index in [1.165, 1.54) is 18.2 Å². The van der Waals surface area contributed by atoms with E-state index in [0.717, 1.165) is 12.0 Å². The fourth-order valence-electron chi connectivity index (χ4n) is 5.38. The molecule has 6 rings (SSSR count). The average Bonchev–Trinajstić information content (AvgIpc) is 3.54. The zero-order valence-electron chi connectivity index (χ0n) is 18.8. The van der Waals surface area contributed by atoms with E-state index in [4.69, 9.17) is 14.2 Å². The molecule has 35 heavy (non-hydrogen) atoms. The number of aromatic nitrogens is 2. The van der Waals surface area contributed by atoms with Gasteiger partial charge in [0.2, 0.25) is 5.88 Å². The number of hydrogen-bond acceptors (Lipinski definition) is 6. The number of aliphatic hydroxyl groups excluding tert-OH is 1. The van der Waals surface area contributed by atoms with Crippen molar-refractivity contribution in [1.29, 1.82) is 5.26 Å². The quantitative estimate of drug-likeness (QED) is 0.585. The molecule has 0 spiro atoms. The van der Waals surface area contributed by atoms with E-state index < -0.39 is 17.7 Å². The molecule has 3 aromatic rings. The SMILES string of the molecule is N#Cc1c(O[C@@H]2CCC3[C@H](O)CO[C@@H]32)[nH]c2ccc(-c3c(F)cc(C4=CCOCC4)cc3F)nc12. The molecule has 1 saturated carbocycles. The number of hydrogen-bond donors (Lipinski definition) is 2. The third-order valence-corrected chi connectivity index (χ3v) is 7.15. The average molecular weight is 479 g/mol. The number of fused-ring (bicyclic) bond motifs is 2. The van der Waals surface area contributed by atoms with E-state index in [9.17, 15) is 10.4 Å². The lowest BCUT2D eigenvalue weighted by Crippen LogP contribution is -2.30. The lowest BCUT2D eigenvalue weighted by Gasteiger charge is -2.19. The first-order valence-electron chi connectivity index (χ1n) is 11.7. The smallest absolute Gasteiger partial charge is 0.212 e. The highest BCUT2D eigenvalue weighted by Gasteiger charge is 2.47. The minimum Gasteiger partial charge on any atom is -0.472 e. The number of nitriles is 1. The van der Waals surface area contributed by atoms with Crippen LogP contribution in [0.15, 0.2) is 30.3 Å². The van der Waals surface area contributed by atoms with Crippen molar-refractivity contribution in [3.05, 3.63) is 53.1 Å². The summed E-state index contributed by atoms with van der Waals surface area (Å²) in [6.07, 6.45) is 2.84. The summed E-state index contributed by atoms with van der Waals surface area (Å²) in [4.78, 5) is 7.50. The highest BCUT2D eigenvalue weighted by Crippen LogP contribution is 2.40. The number of aromatic amines is 1. The van der Waals surface area contributed by atoms with Gasteiger partial charge in [-0.15, -0.1) is 0 Å². The van der Waals surface area contributed by atoms with Crippen LogP contribution in [0.2, 0.25) is 0 Å². The van der Waals surface area contributed by atoms with Crippen LogP contribution < -0.4 is 4.74 Å². The monoisotopic (exact) mass is 479 g/mol. The molecule has 4 heterocycles. The van der Waals surface area contributed by atoms with Crippen molar-refractivity contribution in [3.8, 4) is 23.2 Å². The summed E-state index contributed by atoms with van der Waals surface area (Å²) >= 11 is 0. The van der Waals surface area contributed by atoms with Gasteiger partial charge in [-0.05, 0) is 54.7 Å². The van der Waals surface area contributed by atoms with Crippen LogP contribution in [0.5, 0.6) is 5.88 Å². The van der Waals surface area contributed by atoms with Crippen LogP contribution in [-0.2, 0) is 9.47 Å². The Morgan fingerprint density at radius 1 is 1.20 bits per heavy atom. The molecule has 2 N–H and O–H groups in total. The normalized spacial score (nSPS) is 25.9. The summed E-state index contributed by atoms with van der Waals surface area (Å²) in [5.41, 5.74) is 2.12. The zero-order chi connectivity index (χ0) is 24.1. The van der Waals surface area contributed by atoms with Crippen LogP contribution in [0.25, 0.3) is 27.9 Å². The molecule has 1 saturated heterocycles. The minimum absolute atomic E-state index is 0.0189. The van der Waals surface area contributed by atoms with Gasteiger partial charge in [0.15, 0.2) is 0 Å². The third kappa shape index (κ3) is 3.78. The van der Waals surface area contributed by atoms with Gasteiger partial charge < -0.3 is 24.3 Å². The van der Waals surface area contributed by atoms with Crippen LogP contribution >= 0.6 is 0 Å². The van der Waals surface area contributed by atoms with Gasteiger partial charge in [0.25, 0.3) is 0 Å². The molecule has 1 aliphatic carbocycles. The molecule has 7 nitrogen and oxygen atoms in total. The van der Waals surface area contributed by atoms with E-state index in [1.54, 1.807) is 6.07 Å². The molecule has 0 amide bonds. The summed E-state index contributed by atoms with van der Waals surface area (Å²) in [5.74, 6) is -1.19. The molecule has 4 atom stereocenters. The Morgan fingerprint density at radius 3 is 2.77 bits per heavy atom. The molecule has 2 aliphatic heterocycles. The lowest BCUT2D eigenvalue weighted by atomic mass is 9.98. The van der Waals surface area contributed by atoms with E-state index in [0.29, 0.717) is 37.1 Å². The Morgan fingerprint density at radius 2 is 2.03 bits per heavy atom. The number of halogens is 2. The first kappa shape index (κ1) is 22.2. The predicted octanol–water partition coefficient (Wildman–Crippen LogP) is 4.10. The summed E-state index contributed by atoms with van der Waals surface area (Å²) < 4.78 is 47.3. The van der Waals surface area contributed by atoms with Crippen LogP contribution in [-0.4, -0.2) is 53.2 Å². The number of benzene rings is 1. The first-order chi connectivity index (χ1) is 17.0. The fourth-order valence-corrected chi connectivity index (χ4v) is 5.38. The van der Waals surface area contributed by atoms with Crippen molar-refractivity contribution in [1.82, 2.24) is 9.97 Å². The number of ether oxygens (including phenoxy) is 3. The molecule has 1 unspecified atom stereocenters. The lowest BCUT2D eigenvalue weighted by molar-refractivity contribution is 0.0153. The molecule has 0 radical (unpaired) electrons. The van der Waals surface area contributed by atoms with Gasteiger partial charge in [-0.2, -0.15) is 5.26 Å². The molecule has 9 heteroatoms. The Balaban J connectivity index is 1.34. The van der Waals surface area contributed by atoms with Crippen LogP contribution in [0.4, 0.5) is 8.78 Å². The second kappa shape index (κ2) is 8.72. The van der Waals surface area contributed by atoms with E-state index in [2.05, 4.69) is 16.0 Å². The van der Waals surface area contributed by atoms with Gasteiger partial charge in [-0.3, -0.25) is 0 Å². The Hall–Kier alpha value is -3.32. The maximum absolute atomic E-state index is 15.1. The number of aliphatic hydroxyl groups is 1. The topological polar surface area (TPSA) is 100 Å². The van der Waals surface area contributed by atoms with Crippen LogP contribution in [0, 0.1) is 28.9 Å². The van der Waals surface area contributed by atoms with E-state index >= 15 is 8.78 Å². The van der Waals surface area contributed by atoms with Gasteiger partial charge in [0.05, 0.1) is 48.8 Å². The largest absolute Gasteiger partial charge is 0.472 e. The standard InChI is InChI=1S/C26H23F2N3O4/c27-17-9-14(13-5-7-33-8-6-13)10-18(28)23(17)19-2-3-20-24(30-19)16(11-29)26(31-20)35-22-4-1-15-21(32)12-34-25(15)22/h2-3,5,9-10,15,21-22,25,31-32H,1,4,6-8,12H2/t15?,21-,22-,25+/m1/s1. The van der Waals surface area contributed by atoms with Crippen molar-refractivity contribution in [3.63, 3.8) is 0 Å². The molecule has 3 aliphatic rings. The third-order valence-electron chi connectivity index (χ3n) is 7.15. The number of H-pyrrole nitrogens is 1. The van der Waals surface area contributed by atoms with Crippen molar-refractivity contribution >= 4 is 16.6 Å². The van der Waals surface area contributed by atoms with E-state index in [-0.39, 0.29) is 53.0 Å². The van der Waals surface area contributed by atoms with Crippen molar-refractivity contribution in [2.45, 2.75) is 37.6 Å². The second-order valence-electron chi connectivity index (χ2n) is 9.17. The Bertz CT molecular complexity index is 1360. The molecule has 2 aromatic heterocycles. The van der Waals surface area contributed by atoms with Gasteiger partial charge >= 0.3 is 0 Å². The predicted molar refractivity (Wildman–Crippen MR) is 122 cm³/mol. The zero-order valence-corrected chi connectivity index (χ0v) is 18.8. The maximum atomic E-state index is 15.1. The van der Waals surface area contributed by atoms with Gasteiger partial charge in [-0.25, -0.2) is 13.8 Å². The summed E-state index contributed by atoms with van der Waals surface area (Å²) in [7, 11) is 0. The minimum atomic E-state index is -0.723. The number of nitrogens with zero attached hydrogens (tertiary/aromatic N) is 2. The van der Waals surface area contributed by atoms with Crippen LogP contribution in [0.1, 0.15) is 30.4 Å². The highest BCUT2D eigenvalue weighted by atomic mass is 19.1. The molecule has 180 valence electrons. The van der Waals surface area contributed by atoms with Crippen molar-refractivity contribution in [2.24, 2.45) is 5.92 Å². The summed E-state index contributed by atoms with van der Waals surface area (Å²) in [6, 6.07) is 7.87. The van der Waals surface area contributed by atoms with Crippen molar-refractivity contribution in [2.75, 3.05) is 19.8 Å². The molecule has 0 bridgehead atoms. The molecular weight excluding hydrogens is 456 g/mol. The summed E-state index contributed by atoms with van der Waals surface area (Å²) in [5, 5.41) is 19.9. The fraction of sp³-hybridized carbons (Fsp3) is 0.385. The molecule has 2 fully saturated rings. The van der Waals surface area contributed by atoms with E-state index in [1.807, 2.05) is 6.08 Å². The van der Waals surface area contributed by atoms with Gasteiger partial charge in [0.1, 0.15) is 34.9 Å². The van der Waals surface area contributed by atoms with Crippen molar-refractivity contribution < 1.29 is 28.1 Å². The Labute approximate surface area is 199 Å². The van der Waals surface area contributed by atoms with Gasteiger partial charge in [-0.1, -0.05) is 6.08 Å². The number of rotatable bonds is 4. The van der Waals surface area contributed by atoms with Gasteiger partial charge in [0, 0.05) is 5.92 Å². The summed E-state index contributed by atoms with van der Waals surface area (Å²) in [6.45, 7) is 1.21. The second-order valence-corrected chi connectivity index (χ2v) is 9.17. The molecule has 1 aromatic carbocycles. The first-order valence-corrected chi connectivity index (χ1v) is 11.7. The maximum Gasteiger partial charge on any atom is 0.212 e. The number of nitrogens with one attached hydrogen (secondary N) is 1.